The molecule has 1 amide bonds. The Hall–Kier alpha value is -1.53. The van der Waals surface area contributed by atoms with Crippen LogP contribution in [0, 0.1) is 0 Å². The maximum atomic E-state index is 12.8. The Kier molecular flexibility index (Phi) is 3.80. The van der Waals surface area contributed by atoms with Crippen molar-refractivity contribution < 1.29 is 14.1 Å². The van der Waals surface area contributed by atoms with E-state index in [1.165, 1.54) is 0 Å². The zero-order valence-electron chi connectivity index (χ0n) is 12.2. The molecular formula is C16H18N2O3S. The lowest BCUT2D eigenvalue weighted by Gasteiger charge is -2.43. The highest BCUT2D eigenvalue weighted by Gasteiger charge is 2.37. The van der Waals surface area contributed by atoms with E-state index >= 15 is 0 Å². The Bertz CT molecular complexity index is 685. The van der Waals surface area contributed by atoms with Crippen molar-refractivity contribution in [1.29, 1.82) is 0 Å². The predicted molar refractivity (Wildman–Crippen MR) is 84.9 cm³/mol. The van der Waals surface area contributed by atoms with Gasteiger partial charge in [-0.15, -0.1) is 0 Å². The van der Waals surface area contributed by atoms with Crippen LogP contribution in [0.5, 0.6) is 0 Å². The monoisotopic (exact) mass is 318 g/mol. The van der Waals surface area contributed by atoms with Crippen molar-refractivity contribution in [2.45, 2.75) is 24.1 Å². The average molecular weight is 318 g/mol. The number of hydrogen-bond donors (Lipinski definition) is 0. The highest BCUT2D eigenvalue weighted by atomic mass is 32.2. The Balaban J connectivity index is 1.53. The summed E-state index contributed by atoms with van der Waals surface area (Å²) >= 11 is 1.93. The first kappa shape index (κ1) is 14.1. The topological polar surface area (TPSA) is 55.6 Å². The van der Waals surface area contributed by atoms with Gasteiger partial charge in [-0.25, -0.2) is 0 Å². The Morgan fingerprint density at radius 3 is 3.27 bits per heavy atom. The van der Waals surface area contributed by atoms with Crippen molar-refractivity contribution in [2.75, 3.05) is 25.5 Å². The summed E-state index contributed by atoms with van der Waals surface area (Å²) in [4.78, 5) is 14.8. The van der Waals surface area contributed by atoms with Crippen LogP contribution in [-0.4, -0.2) is 52.8 Å². The van der Waals surface area contributed by atoms with Gasteiger partial charge in [0.05, 0.1) is 13.0 Å². The van der Waals surface area contributed by atoms with Gasteiger partial charge < -0.3 is 14.2 Å². The Morgan fingerprint density at radius 1 is 1.41 bits per heavy atom. The normalized spacial score (nSPS) is 25.2. The molecule has 0 N–H and O–H groups in total. The molecule has 0 radical (unpaired) electrons. The van der Waals surface area contributed by atoms with Gasteiger partial charge in [0.25, 0.3) is 0 Å². The first-order valence-corrected chi connectivity index (χ1v) is 8.70. The van der Waals surface area contributed by atoms with E-state index < -0.39 is 0 Å². The van der Waals surface area contributed by atoms with E-state index in [2.05, 4.69) is 5.16 Å². The van der Waals surface area contributed by atoms with Crippen LogP contribution in [-0.2, 0) is 16.0 Å². The number of amides is 1. The van der Waals surface area contributed by atoms with Crippen molar-refractivity contribution in [3.63, 3.8) is 0 Å². The third kappa shape index (κ3) is 2.50. The fourth-order valence-electron chi connectivity index (χ4n) is 3.30. The molecule has 0 saturated carbocycles. The quantitative estimate of drug-likeness (QED) is 0.849. The summed E-state index contributed by atoms with van der Waals surface area (Å²) in [7, 11) is 0. The minimum absolute atomic E-state index is 0.149. The fourth-order valence-corrected chi connectivity index (χ4v) is 4.61. The zero-order valence-corrected chi connectivity index (χ0v) is 13.1. The van der Waals surface area contributed by atoms with Gasteiger partial charge in [-0.2, -0.15) is 11.8 Å². The van der Waals surface area contributed by atoms with Gasteiger partial charge in [-0.3, -0.25) is 4.79 Å². The second-order valence-corrected chi connectivity index (χ2v) is 7.08. The van der Waals surface area contributed by atoms with Gasteiger partial charge in [0.1, 0.15) is 5.69 Å². The molecule has 2 saturated heterocycles. The Labute approximate surface area is 133 Å². The highest BCUT2D eigenvalue weighted by Crippen LogP contribution is 2.31. The summed E-state index contributed by atoms with van der Waals surface area (Å²) in [6, 6.07) is 7.99. The van der Waals surface area contributed by atoms with Gasteiger partial charge in [0, 0.05) is 35.6 Å². The lowest BCUT2D eigenvalue weighted by Crippen LogP contribution is -2.54. The number of hydrogen-bond acceptors (Lipinski definition) is 5. The predicted octanol–water partition coefficient (Wildman–Crippen LogP) is 2.10. The minimum atomic E-state index is 0.149. The van der Waals surface area contributed by atoms with E-state index in [0.29, 0.717) is 17.7 Å². The number of ether oxygens (including phenoxy) is 1. The van der Waals surface area contributed by atoms with E-state index in [1.54, 1.807) is 0 Å². The van der Waals surface area contributed by atoms with Crippen LogP contribution < -0.4 is 0 Å². The van der Waals surface area contributed by atoms with E-state index in [4.69, 9.17) is 9.26 Å². The molecule has 2 aliphatic heterocycles. The molecular weight excluding hydrogens is 300 g/mol. The molecule has 22 heavy (non-hydrogen) atoms. The van der Waals surface area contributed by atoms with Crippen LogP contribution in [0.4, 0.5) is 0 Å². The van der Waals surface area contributed by atoms with E-state index in [0.717, 1.165) is 48.6 Å². The lowest BCUT2D eigenvalue weighted by molar-refractivity contribution is -0.134. The van der Waals surface area contributed by atoms with Crippen LogP contribution in [0.2, 0.25) is 0 Å². The molecule has 1 aromatic carbocycles. The summed E-state index contributed by atoms with van der Waals surface area (Å²) in [6.07, 6.45) is 1.24. The summed E-state index contributed by atoms with van der Waals surface area (Å²) in [5, 5.41) is 5.43. The maximum Gasteiger partial charge on any atom is 0.229 e. The zero-order chi connectivity index (χ0) is 14.9. The molecule has 2 fully saturated rings. The van der Waals surface area contributed by atoms with Crippen LogP contribution in [0.3, 0.4) is 0 Å². The molecule has 3 heterocycles. The number of fused-ring (bicyclic) bond motifs is 2. The van der Waals surface area contributed by atoms with E-state index in [-0.39, 0.29) is 5.91 Å². The van der Waals surface area contributed by atoms with Crippen LogP contribution in [0.25, 0.3) is 11.0 Å². The molecule has 0 aliphatic carbocycles. The van der Waals surface area contributed by atoms with Crippen molar-refractivity contribution >= 4 is 28.6 Å². The molecule has 2 aliphatic rings. The molecule has 116 valence electrons. The molecule has 6 heteroatoms. The van der Waals surface area contributed by atoms with Crippen molar-refractivity contribution in [2.24, 2.45) is 0 Å². The van der Waals surface area contributed by atoms with Gasteiger partial charge in [-0.05, 0) is 18.6 Å². The van der Waals surface area contributed by atoms with Gasteiger partial charge in [0.15, 0.2) is 5.58 Å². The molecule has 2 atom stereocenters. The van der Waals surface area contributed by atoms with Gasteiger partial charge >= 0.3 is 0 Å². The third-order valence-electron chi connectivity index (χ3n) is 4.42. The van der Waals surface area contributed by atoms with Crippen LogP contribution >= 0.6 is 11.8 Å². The number of aromatic nitrogens is 1. The number of carbonyl (C=O) groups excluding carboxylic acids is 1. The molecule has 5 nitrogen and oxygen atoms in total. The Morgan fingerprint density at radius 2 is 2.32 bits per heavy atom. The second-order valence-electron chi connectivity index (χ2n) is 5.73. The first-order valence-electron chi connectivity index (χ1n) is 7.65. The van der Waals surface area contributed by atoms with Gasteiger partial charge in [-0.1, -0.05) is 17.3 Å². The molecule has 4 rings (SSSR count). The van der Waals surface area contributed by atoms with Crippen molar-refractivity contribution in [3.05, 3.63) is 30.0 Å². The van der Waals surface area contributed by atoms with Gasteiger partial charge in [0.2, 0.25) is 5.91 Å². The number of para-hydroxylation sites is 1. The average Bonchev–Trinajstić information content (AvgIpc) is 2.97. The minimum Gasteiger partial charge on any atom is -0.380 e. The number of thioether (sulfide) groups is 1. The number of rotatable bonds is 2. The van der Waals surface area contributed by atoms with Crippen LogP contribution in [0.1, 0.15) is 12.1 Å². The second kappa shape index (κ2) is 5.93. The molecule has 2 aromatic rings. The third-order valence-corrected chi connectivity index (χ3v) is 5.72. The molecule has 1 aromatic heterocycles. The summed E-state index contributed by atoms with van der Waals surface area (Å²) in [5.74, 6) is 1.13. The molecule has 0 unspecified atom stereocenters. The first-order chi connectivity index (χ1) is 10.8. The smallest absolute Gasteiger partial charge is 0.229 e. The largest absolute Gasteiger partial charge is 0.380 e. The number of carbonyl (C=O) groups is 1. The van der Waals surface area contributed by atoms with Crippen molar-refractivity contribution in [3.8, 4) is 0 Å². The SMILES string of the molecule is O=C(Cc1noc2ccccc12)N1CCS[C@@H]2COCC[C@H]21. The lowest BCUT2D eigenvalue weighted by atomic mass is 10.0. The van der Waals surface area contributed by atoms with E-state index in [1.807, 2.05) is 40.9 Å². The molecule has 0 spiro atoms. The van der Waals surface area contributed by atoms with Crippen LogP contribution in [0.15, 0.2) is 28.8 Å². The van der Waals surface area contributed by atoms with E-state index in [9.17, 15) is 4.79 Å². The summed E-state index contributed by atoms with van der Waals surface area (Å²) in [5.41, 5.74) is 1.48. The fraction of sp³-hybridized carbons (Fsp3) is 0.500. The van der Waals surface area contributed by atoms with Crippen molar-refractivity contribution in [1.82, 2.24) is 10.1 Å². The number of benzene rings is 1. The number of nitrogens with zero attached hydrogens (tertiary/aromatic N) is 2. The molecule has 0 bridgehead atoms. The summed E-state index contributed by atoms with van der Waals surface area (Å²) < 4.78 is 10.8. The maximum absolute atomic E-state index is 12.8. The highest BCUT2D eigenvalue weighted by molar-refractivity contribution is 8.00. The summed E-state index contributed by atoms with van der Waals surface area (Å²) in [6.45, 7) is 2.32. The standard InChI is InChI=1S/C16H18N2O3S/c19-16(9-12-11-3-1-2-4-14(11)21-17-12)18-6-8-22-15-10-20-7-5-13(15)18/h1-4,13,15H,5-10H2/t13-,15-/m1/s1.